The summed E-state index contributed by atoms with van der Waals surface area (Å²) < 4.78 is 29.4. The zero-order chi connectivity index (χ0) is 25.3. The second-order valence-corrected chi connectivity index (χ2v) is 10.4. The molecule has 1 rings (SSSR count). The van der Waals surface area contributed by atoms with Crippen molar-refractivity contribution in [3.63, 3.8) is 0 Å². The molecule has 9 nitrogen and oxygen atoms in total. The van der Waals surface area contributed by atoms with Crippen LogP contribution in [0.15, 0.2) is 18.2 Å². The first-order chi connectivity index (χ1) is 15.4. The number of esters is 2. The van der Waals surface area contributed by atoms with Crippen LogP contribution in [0.5, 0.6) is 5.75 Å². The van der Waals surface area contributed by atoms with E-state index in [0.29, 0.717) is 5.75 Å². The minimum Gasteiger partial charge on any atom is -0.465 e. The van der Waals surface area contributed by atoms with Crippen molar-refractivity contribution in [3.8, 4) is 5.75 Å². The lowest BCUT2D eigenvalue weighted by Crippen LogP contribution is -2.44. The Hall–Kier alpha value is -2.22. The van der Waals surface area contributed by atoms with Gasteiger partial charge < -0.3 is 14.2 Å². The molecule has 0 aromatic heterocycles. The molecule has 0 heterocycles. The molecular formula is C23H37N2O7P. The Morgan fingerprint density at radius 1 is 0.818 bits per heavy atom. The van der Waals surface area contributed by atoms with Gasteiger partial charge in [0.1, 0.15) is 17.8 Å². The Bertz CT molecular complexity index is 829. The standard InChI is InChI=1S/C23H37N2O7P/c1-9-30-21(26)16(7)24-33(29,25-17(8)22(27)31-10-2)23(28)32-20-18(14(3)4)12-11-13-19(20)15(5)6/h11-17H,9-10H2,1-8H3,(H2,24,25,29). The molecule has 1 aromatic rings. The fourth-order valence-corrected chi connectivity index (χ4v) is 4.89. The van der Waals surface area contributed by atoms with Crippen LogP contribution in [0, 0.1) is 0 Å². The first-order valence-electron chi connectivity index (χ1n) is 11.2. The maximum absolute atomic E-state index is 13.8. The lowest BCUT2D eigenvalue weighted by atomic mass is 9.94. The fraction of sp³-hybridized carbons (Fsp3) is 0.609. The number of carbonyl (C=O) groups is 3. The van der Waals surface area contributed by atoms with E-state index in [2.05, 4.69) is 10.2 Å². The lowest BCUT2D eigenvalue weighted by Gasteiger charge is -2.26. The predicted octanol–water partition coefficient (Wildman–Crippen LogP) is 4.71. The molecule has 0 amide bonds. The van der Waals surface area contributed by atoms with E-state index < -0.39 is 37.2 Å². The third-order valence-electron chi connectivity index (χ3n) is 4.80. The number of ether oxygens (including phenoxy) is 3. The summed E-state index contributed by atoms with van der Waals surface area (Å²) in [5.74, 6) is -1.00. The van der Waals surface area contributed by atoms with Crippen LogP contribution < -0.4 is 14.9 Å². The van der Waals surface area contributed by atoms with Crippen LogP contribution >= 0.6 is 7.44 Å². The summed E-state index contributed by atoms with van der Waals surface area (Å²) in [6, 6.07) is 3.36. The van der Waals surface area contributed by atoms with Gasteiger partial charge in [-0.15, -0.1) is 0 Å². The molecule has 0 aliphatic carbocycles. The van der Waals surface area contributed by atoms with Gasteiger partial charge in [-0.3, -0.25) is 14.2 Å². The van der Waals surface area contributed by atoms with Crippen molar-refractivity contribution in [2.45, 2.75) is 79.3 Å². The van der Waals surface area contributed by atoms with Crippen LogP contribution in [-0.2, 0) is 23.6 Å². The smallest absolute Gasteiger partial charge is 0.400 e. The summed E-state index contributed by atoms with van der Waals surface area (Å²) in [6.45, 7) is 14.2. The molecule has 0 aliphatic heterocycles. The van der Waals surface area contributed by atoms with Crippen LogP contribution in [0.25, 0.3) is 0 Å². The van der Waals surface area contributed by atoms with E-state index in [1.807, 2.05) is 45.9 Å². The van der Waals surface area contributed by atoms with E-state index in [4.69, 9.17) is 14.2 Å². The molecule has 186 valence electrons. The average molecular weight is 485 g/mol. The van der Waals surface area contributed by atoms with Crippen LogP contribution in [0.1, 0.15) is 78.4 Å². The molecule has 0 bridgehead atoms. The highest BCUT2D eigenvalue weighted by Gasteiger charge is 2.41. The summed E-state index contributed by atoms with van der Waals surface area (Å²) in [5, 5.41) is 5.02. The zero-order valence-corrected chi connectivity index (χ0v) is 21.7. The molecule has 0 saturated carbocycles. The van der Waals surface area contributed by atoms with Gasteiger partial charge in [-0.1, -0.05) is 45.9 Å². The van der Waals surface area contributed by atoms with E-state index in [-0.39, 0.29) is 25.0 Å². The second-order valence-electron chi connectivity index (χ2n) is 8.26. The third-order valence-corrected chi connectivity index (χ3v) is 6.90. The molecular weight excluding hydrogens is 447 g/mol. The van der Waals surface area contributed by atoms with E-state index in [9.17, 15) is 18.9 Å². The minimum atomic E-state index is -4.31. The number of carbonyl (C=O) groups excluding carboxylic acids is 3. The minimum absolute atomic E-state index is 0.0312. The molecule has 0 spiro atoms. The first kappa shape index (κ1) is 28.8. The normalized spacial score (nSPS) is 15.0. The molecule has 33 heavy (non-hydrogen) atoms. The highest BCUT2D eigenvalue weighted by molar-refractivity contribution is 7.76. The van der Waals surface area contributed by atoms with Gasteiger partial charge in [0.2, 0.25) is 0 Å². The molecule has 10 heteroatoms. The van der Waals surface area contributed by atoms with Crippen LogP contribution in [-0.4, -0.2) is 42.9 Å². The average Bonchev–Trinajstić information content (AvgIpc) is 2.73. The Labute approximate surface area is 196 Å². The van der Waals surface area contributed by atoms with Gasteiger partial charge in [-0.05, 0) is 50.7 Å². The van der Waals surface area contributed by atoms with Crippen LogP contribution in [0.4, 0.5) is 4.79 Å². The van der Waals surface area contributed by atoms with Crippen molar-refractivity contribution in [1.82, 2.24) is 10.2 Å². The third kappa shape index (κ3) is 7.95. The van der Waals surface area contributed by atoms with E-state index in [1.165, 1.54) is 13.8 Å². The molecule has 0 saturated heterocycles. The van der Waals surface area contributed by atoms with E-state index in [0.717, 1.165) is 11.1 Å². The Balaban J connectivity index is 3.39. The van der Waals surface area contributed by atoms with Gasteiger partial charge in [-0.25, -0.2) is 15.0 Å². The van der Waals surface area contributed by atoms with Crippen molar-refractivity contribution < 1.29 is 33.2 Å². The second kappa shape index (κ2) is 12.9. The summed E-state index contributed by atoms with van der Waals surface area (Å²) in [4.78, 5) is 37.6. The van der Waals surface area contributed by atoms with Gasteiger partial charge >= 0.3 is 25.1 Å². The quantitative estimate of drug-likeness (QED) is 0.321. The molecule has 2 unspecified atom stereocenters. The van der Waals surface area contributed by atoms with Crippen molar-refractivity contribution in [3.05, 3.63) is 29.3 Å². The Morgan fingerprint density at radius 3 is 1.55 bits per heavy atom. The van der Waals surface area contributed by atoms with Crippen molar-refractivity contribution in [1.29, 1.82) is 0 Å². The number of hydrogen-bond acceptors (Lipinski definition) is 7. The van der Waals surface area contributed by atoms with Gasteiger partial charge in [-0.2, -0.15) is 0 Å². The van der Waals surface area contributed by atoms with Crippen LogP contribution in [0.3, 0.4) is 0 Å². The van der Waals surface area contributed by atoms with Crippen LogP contribution in [0.2, 0.25) is 0 Å². The Morgan fingerprint density at radius 2 is 1.21 bits per heavy atom. The monoisotopic (exact) mass is 484 g/mol. The van der Waals surface area contributed by atoms with Crippen molar-refractivity contribution in [2.24, 2.45) is 0 Å². The summed E-state index contributed by atoms with van der Waals surface area (Å²) >= 11 is 0. The molecule has 0 aliphatic rings. The molecule has 0 fully saturated rings. The highest BCUT2D eigenvalue weighted by atomic mass is 31.2. The van der Waals surface area contributed by atoms with Crippen molar-refractivity contribution in [2.75, 3.05) is 13.2 Å². The fourth-order valence-electron chi connectivity index (χ4n) is 3.08. The maximum atomic E-state index is 13.8. The summed E-state index contributed by atoms with van der Waals surface area (Å²) in [7, 11) is -4.31. The zero-order valence-electron chi connectivity index (χ0n) is 20.8. The predicted molar refractivity (Wildman–Crippen MR) is 127 cm³/mol. The molecule has 0 radical (unpaired) electrons. The SMILES string of the molecule is CCOC(=O)C(C)NP(=O)(NC(C)C(=O)OCC)C(=O)Oc1c(C(C)C)cccc1C(C)C. The van der Waals surface area contributed by atoms with Crippen molar-refractivity contribution >= 4 is 25.1 Å². The maximum Gasteiger partial charge on any atom is 0.400 e. The lowest BCUT2D eigenvalue weighted by molar-refractivity contribution is -0.145. The highest BCUT2D eigenvalue weighted by Crippen LogP contribution is 2.43. The summed E-state index contributed by atoms with van der Waals surface area (Å²) in [6.07, 6.45) is 0. The van der Waals surface area contributed by atoms with E-state index >= 15 is 0 Å². The number of hydrogen-bond donors (Lipinski definition) is 2. The van der Waals surface area contributed by atoms with Gasteiger partial charge in [0, 0.05) is 0 Å². The Kier molecular flexibility index (Phi) is 11.2. The summed E-state index contributed by atoms with van der Waals surface area (Å²) in [5.41, 5.74) is 0.431. The number of nitrogens with one attached hydrogen (secondary N) is 2. The number of rotatable bonds is 12. The van der Waals surface area contributed by atoms with Gasteiger partial charge in [0.05, 0.1) is 13.2 Å². The topological polar surface area (TPSA) is 120 Å². The van der Waals surface area contributed by atoms with Gasteiger partial charge in [0.15, 0.2) is 0 Å². The van der Waals surface area contributed by atoms with E-state index in [1.54, 1.807) is 13.8 Å². The first-order valence-corrected chi connectivity index (χ1v) is 12.9. The number of para-hydroxylation sites is 1. The van der Waals surface area contributed by atoms with Gasteiger partial charge in [0.25, 0.3) is 0 Å². The molecule has 2 atom stereocenters. The molecule has 1 aromatic carbocycles. The number of benzene rings is 1. The molecule has 2 N–H and O–H groups in total. The largest absolute Gasteiger partial charge is 0.465 e.